The molecule has 172 valence electrons. The van der Waals surface area contributed by atoms with Crippen LogP contribution in [0.2, 0.25) is 5.02 Å². The smallest absolute Gasteiger partial charge is 0.490 e. The Labute approximate surface area is 182 Å². The largest absolute Gasteiger partial charge is 0.523 e. The van der Waals surface area contributed by atoms with Crippen LogP contribution in [-0.4, -0.2) is 32.1 Å². The van der Waals surface area contributed by atoms with Gasteiger partial charge in [0.2, 0.25) is 0 Å². The van der Waals surface area contributed by atoms with Gasteiger partial charge in [0, 0.05) is 10.9 Å². The van der Waals surface area contributed by atoms with Crippen molar-refractivity contribution in [1.82, 2.24) is 4.98 Å². The third-order valence-corrected chi connectivity index (χ3v) is 5.46. The van der Waals surface area contributed by atoms with Crippen molar-refractivity contribution in [1.29, 1.82) is 0 Å². The molecule has 2 aromatic carbocycles. The van der Waals surface area contributed by atoms with Crippen LogP contribution in [0.5, 0.6) is 5.75 Å². The van der Waals surface area contributed by atoms with Gasteiger partial charge in [-0.05, 0) is 30.3 Å². The molecule has 13 heteroatoms. The van der Waals surface area contributed by atoms with E-state index in [1.807, 2.05) is 0 Å². The minimum Gasteiger partial charge on any atom is -0.490 e. The summed E-state index contributed by atoms with van der Waals surface area (Å²) in [5.74, 6) is -0.715. The molecule has 5 nitrogen and oxygen atoms in total. The molecule has 1 aromatic heterocycles. The van der Waals surface area contributed by atoms with Gasteiger partial charge in [-0.3, -0.25) is 4.18 Å². The number of ether oxygens (including phenoxy) is 1. The molecule has 1 heterocycles. The number of rotatable bonds is 6. The average Bonchev–Trinajstić information content (AvgIpc) is 2.70. The third kappa shape index (κ3) is 5.25. The van der Waals surface area contributed by atoms with Crippen molar-refractivity contribution in [3.05, 3.63) is 59.1 Å². The zero-order chi connectivity index (χ0) is 23.7. The second kappa shape index (κ2) is 8.75. The number of pyridine rings is 1. The second-order valence-corrected chi connectivity index (χ2v) is 8.30. The Morgan fingerprint density at radius 3 is 2.31 bits per heavy atom. The topological polar surface area (TPSA) is 65.5 Å². The van der Waals surface area contributed by atoms with E-state index in [1.54, 1.807) is 24.3 Å². The maximum atomic E-state index is 13.5. The van der Waals surface area contributed by atoms with Crippen LogP contribution in [0.1, 0.15) is 5.56 Å². The summed E-state index contributed by atoms with van der Waals surface area (Å²) in [7, 11) is -5.88. The summed E-state index contributed by atoms with van der Waals surface area (Å²) in [6, 6.07) is 11.1. The lowest BCUT2D eigenvalue weighted by Gasteiger charge is -2.16. The Hall–Kier alpha value is -2.57. The first kappa shape index (κ1) is 24.1. The van der Waals surface area contributed by atoms with Crippen LogP contribution >= 0.6 is 11.6 Å². The number of fused-ring (bicyclic) bond motifs is 1. The molecule has 0 saturated heterocycles. The van der Waals surface area contributed by atoms with Crippen LogP contribution in [-0.2, 0) is 20.5 Å². The van der Waals surface area contributed by atoms with Gasteiger partial charge in [0.1, 0.15) is 19.0 Å². The molecule has 3 rings (SSSR count). The molecule has 32 heavy (non-hydrogen) atoms. The fourth-order valence-corrected chi connectivity index (χ4v) is 3.32. The van der Waals surface area contributed by atoms with Crippen LogP contribution in [0.3, 0.4) is 0 Å². The van der Waals surface area contributed by atoms with Crippen molar-refractivity contribution >= 4 is 32.6 Å². The third-order valence-electron chi connectivity index (χ3n) is 4.11. The van der Waals surface area contributed by atoms with E-state index in [0.717, 1.165) is 12.1 Å². The highest BCUT2D eigenvalue weighted by atomic mass is 35.5. The molecule has 0 aliphatic heterocycles. The highest BCUT2D eigenvalue weighted by molar-refractivity contribution is 7.87. The van der Waals surface area contributed by atoms with Crippen molar-refractivity contribution in [2.45, 2.75) is 11.7 Å². The van der Waals surface area contributed by atoms with E-state index < -0.39 is 46.3 Å². The van der Waals surface area contributed by atoms with Gasteiger partial charge < -0.3 is 4.74 Å². The molecule has 0 aliphatic rings. The maximum Gasteiger partial charge on any atom is 0.523 e. The first-order valence-corrected chi connectivity index (χ1v) is 10.4. The van der Waals surface area contributed by atoms with Crippen molar-refractivity contribution in [2.24, 2.45) is 0 Å². The molecule has 0 bridgehead atoms. The number of nitrogens with zero attached hydrogens (tertiary/aromatic N) is 1. The van der Waals surface area contributed by atoms with Crippen LogP contribution in [0.25, 0.3) is 22.2 Å². The molecular formula is C19H12ClF6NO4S. The molecular weight excluding hydrogens is 488 g/mol. The number of para-hydroxylation sites is 1. The van der Waals surface area contributed by atoms with Crippen molar-refractivity contribution in [3.8, 4) is 17.0 Å². The molecule has 0 aliphatic carbocycles. The summed E-state index contributed by atoms with van der Waals surface area (Å²) >= 11 is 6.09. The first-order valence-electron chi connectivity index (χ1n) is 8.65. The lowest BCUT2D eigenvalue weighted by atomic mass is 10.0. The Balaban J connectivity index is 1.85. The number of aromatic nitrogens is 1. The quantitative estimate of drug-likeness (QED) is 0.185. The Morgan fingerprint density at radius 2 is 1.66 bits per heavy atom. The van der Waals surface area contributed by atoms with Gasteiger partial charge in [-0.15, -0.1) is 0 Å². The number of alkyl halides is 6. The summed E-state index contributed by atoms with van der Waals surface area (Å²) in [5.41, 5.74) is -6.20. The van der Waals surface area contributed by atoms with Crippen molar-refractivity contribution < 1.29 is 43.7 Å². The summed E-state index contributed by atoms with van der Waals surface area (Å²) < 4.78 is 107. The van der Waals surface area contributed by atoms with E-state index in [-0.39, 0.29) is 11.3 Å². The molecule has 0 atom stereocenters. The molecule has 0 amide bonds. The standard InChI is InChI=1S/C19H12ClF6NO4S/c20-14-3-1-2-11-4-6-15(27-17(11)14)12-5-7-16(13(10-12)18(21,22)23)30-8-9-31-32(28,29)19(24,25)26/h1-7,10H,8-9H2. The Kier molecular flexibility index (Phi) is 6.59. The van der Waals surface area contributed by atoms with Crippen LogP contribution in [0, 0.1) is 0 Å². The Morgan fingerprint density at radius 1 is 0.938 bits per heavy atom. The average molecular weight is 500 g/mol. The summed E-state index contributed by atoms with van der Waals surface area (Å²) in [5, 5.41) is 1.00. The maximum absolute atomic E-state index is 13.5. The first-order chi connectivity index (χ1) is 14.8. The van der Waals surface area contributed by atoms with Gasteiger partial charge in [0.05, 0.1) is 21.8 Å². The van der Waals surface area contributed by atoms with Crippen LogP contribution in [0.4, 0.5) is 26.3 Å². The minimum atomic E-state index is -5.88. The number of halogens is 7. The van der Waals surface area contributed by atoms with Crippen molar-refractivity contribution in [2.75, 3.05) is 13.2 Å². The van der Waals surface area contributed by atoms with E-state index in [1.165, 1.54) is 12.1 Å². The highest BCUT2D eigenvalue weighted by Gasteiger charge is 2.47. The number of hydrogen-bond donors (Lipinski definition) is 0. The fourth-order valence-electron chi connectivity index (χ4n) is 2.67. The van der Waals surface area contributed by atoms with Gasteiger partial charge in [0.15, 0.2) is 0 Å². The summed E-state index contributed by atoms with van der Waals surface area (Å²) in [4.78, 5) is 4.29. The molecule has 0 N–H and O–H groups in total. The van der Waals surface area contributed by atoms with Gasteiger partial charge in [-0.2, -0.15) is 34.8 Å². The van der Waals surface area contributed by atoms with E-state index in [0.29, 0.717) is 15.9 Å². The molecule has 0 spiro atoms. The van der Waals surface area contributed by atoms with E-state index >= 15 is 0 Å². The van der Waals surface area contributed by atoms with Crippen molar-refractivity contribution in [3.63, 3.8) is 0 Å². The zero-order valence-corrected chi connectivity index (χ0v) is 17.2. The van der Waals surface area contributed by atoms with Crippen LogP contribution in [0.15, 0.2) is 48.5 Å². The van der Waals surface area contributed by atoms with E-state index in [4.69, 9.17) is 16.3 Å². The van der Waals surface area contributed by atoms with Gasteiger partial charge in [-0.1, -0.05) is 29.8 Å². The fraction of sp³-hybridized carbons (Fsp3) is 0.211. The molecule has 0 saturated carbocycles. The molecule has 0 radical (unpaired) electrons. The van der Waals surface area contributed by atoms with E-state index in [2.05, 4.69) is 9.17 Å². The predicted molar refractivity (Wildman–Crippen MR) is 104 cm³/mol. The van der Waals surface area contributed by atoms with Gasteiger partial charge in [0.25, 0.3) is 0 Å². The number of hydrogen-bond acceptors (Lipinski definition) is 5. The lowest BCUT2D eigenvalue weighted by molar-refractivity contribution is -0.139. The highest BCUT2D eigenvalue weighted by Crippen LogP contribution is 2.39. The molecule has 0 unspecified atom stereocenters. The normalized spacial score (nSPS) is 12.8. The molecule has 0 fully saturated rings. The Bertz CT molecular complexity index is 1240. The van der Waals surface area contributed by atoms with Gasteiger partial charge in [-0.25, -0.2) is 4.98 Å². The second-order valence-electron chi connectivity index (χ2n) is 6.29. The van der Waals surface area contributed by atoms with Crippen LogP contribution < -0.4 is 4.74 Å². The summed E-state index contributed by atoms with van der Waals surface area (Å²) in [6.45, 7) is -2.01. The molecule has 3 aromatic rings. The zero-order valence-electron chi connectivity index (χ0n) is 15.7. The monoisotopic (exact) mass is 499 g/mol. The minimum absolute atomic E-state index is 0.0855. The summed E-state index contributed by atoms with van der Waals surface area (Å²) in [6.07, 6.45) is -4.88. The SMILES string of the molecule is O=S(=O)(OCCOc1ccc(-c2ccc3cccc(Cl)c3n2)cc1C(F)(F)F)C(F)(F)F. The van der Waals surface area contributed by atoms with Gasteiger partial charge >= 0.3 is 21.8 Å². The van der Waals surface area contributed by atoms with E-state index in [9.17, 15) is 34.8 Å². The number of benzene rings is 2. The lowest BCUT2D eigenvalue weighted by Crippen LogP contribution is -2.27. The predicted octanol–water partition coefficient (Wildman–Crippen LogP) is 5.82.